The maximum absolute atomic E-state index is 13.7. The molecule has 0 fully saturated rings. The zero-order valence-electron chi connectivity index (χ0n) is 17.7. The molecule has 0 bridgehead atoms. The number of furan rings is 1. The van der Waals surface area contributed by atoms with Crippen LogP contribution in [-0.2, 0) is 4.79 Å². The number of rotatable bonds is 8. The molecule has 1 unspecified atom stereocenters. The summed E-state index contributed by atoms with van der Waals surface area (Å²) in [4.78, 5) is 24.7. The zero-order chi connectivity index (χ0) is 23.2. The van der Waals surface area contributed by atoms with Crippen LogP contribution in [0, 0.1) is 11.6 Å². The quantitative estimate of drug-likeness (QED) is 0.367. The molecule has 0 aliphatic heterocycles. The molecule has 3 aromatic carbocycles. The molecule has 0 aliphatic rings. The van der Waals surface area contributed by atoms with Crippen LogP contribution in [0.2, 0.25) is 0 Å². The van der Waals surface area contributed by atoms with Crippen LogP contribution in [0.1, 0.15) is 40.6 Å². The van der Waals surface area contributed by atoms with Crippen LogP contribution in [0.25, 0.3) is 11.0 Å². The number of halogens is 2. The Hall–Kier alpha value is -4.00. The molecule has 0 saturated heterocycles. The van der Waals surface area contributed by atoms with Crippen LogP contribution in [0.5, 0.6) is 0 Å². The molecule has 4 aromatic rings. The van der Waals surface area contributed by atoms with Crippen molar-refractivity contribution in [3.8, 4) is 0 Å². The first-order valence-electron chi connectivity index (χ1n) is 10.6. The molecule has 0 radical (unpaired) electrons. The van der Waals surface area contributed by atoms with Gasteiger partial charge in [-0.25, -0.2) is 8.78 Å². The Morgan fingerprint density at radius 1 is 0.909 bits per heavy atom. The van der Waals surface area contributed by atoms with Gasteiger partial charge in [-0.05, 0) is 36.2 Å². The van der Waals surface area contributed by atoms with Gasteiger partial charge in [-0.1, -0.05) is 48.5 Å². The lowest BCUT2D eigenvalue weighted by Crippen LogP contribution is -2.30. The molecule has 0 aliphatic carbocycles. The second-order valence-electron chi connectivity index (χ2n) is 7.58. The summed E-state index contributed by atoms with van der Waals surface area (Å²) >= 11 is 0. The lowest BCUT2D eigenvalue weighted by Gasteiger charge is -2.17. The molecule has 1 heterocycles. The van der Waals surface area contributed by atoms with Crippen molar-refractivity contribution in [3.05, 3.63) is 107 Å². The molecular formula is C26H22F2N2O3. The lowest BCUT2D eigenvalue weighted by atomic mass is 10.0. The Kier molecular flexibility index (Phi) is 6.78. The number of hydrogen-bond donors (Lipinski definition) is 2. The monoisotopic (exact) mass is 448 g/mol. The van der Waals surface area contributed by atoms with Crippen molar-refractivity contribution >= 4 is 22.8 Å². The number of carbonyl (C=O) groups excluding carboxylic acids is 2. The molecule has 0 saturated carbocycles. The molecular weight excluding hydrogens is 426 g/mol. The molecule has 1 aromatic heterocycles. The number of carbonyl (C=O) groups is 2. The SMILES string of the molecule is O=C(CCCNC(=O)c1ccc(F)cc1F)NC(c1ccccc1)c1cc2ccccc2o1. The fraction of sp³-hybridized carbons (Fsp3) is 0.154. The molecule has 2 amide bonds. The second kappa shape index (κ2) is 10.1. The van der Waals surface area contributed by atoms with Gasteiger partial charge in [0.2, 0.25) is 5.91 Å². The van der Waals surface area contributed by atoms with Crippen LogP contribution in [0.4, 0.5) is 8.78 Å². The lowest BCUT2D eigenvalue weighted by molar-refractivity contribution is -0.121. The highest BCUT2D eigenvalue weighted by Crippen LogP contribution is 2.28. The molecule has 33 heavy (non-hydrogen) atoms. The Labute approximate surface area is 189 Å². The molecule has 2 N–H and O–H groups in total. The van der Waals surface area contributed by atoms with E-state index in [4.69, 9.17) is 4.42 Å². The first-order valence-corrected chi connectivity index (χ1v) is 10.6. The summed E-state index contributed by atoms with van der Waals surface area (Å²) < 4.78 is 32.7. The van der Waals surface area contributed by atoms with Crippen molar-refractivity contribution in [2.45, 2.75) is 18.9 Å². The molecule has 1 atom stereocenters. The number of amides is 2. The summed E-state index contributed by atoms with van der Waals surface area (Å²) in [7, 11) is 0. The van der Waals surface area contributed by atoms with Crippen molar-refractivity contribution < 1.29 is 22.8 Å². The Morgan fingerprint density at radius 3 is 2.42 bits per heavy atom. The normalized spacial score (nSPS) is 11.8. The van der Waals surface area contributed by atoms with Crippen LogP contribution >= 0.6 is 0 Å². The van der Waals surface area contributed by atoms with Gasteiger partial charge >= 0.3 is 0 Å². The van der Waals surface area contributed by atoms with E-state index in [0.717, 1.165) is 28.7 Å². The molecule has 7 heteroatoms. The van der Waals surface area contributed by atoms with Gasteiger partial charge in [-0.2, -0.15) is 0 Å². The van der Waals surface area contributed by atoms with Crippen LogP contribution in [0.3, 0.4) is 0 Å². The van der Waals surface area contributed by atoms with E-state index in [0.29, 0.717) is 18.2 Å². The van der Waals surface area contributed by atoms with Crippen molar-refractivity contribution in [1.29, 1.82) is 0 Å². The summed E-state index contributed by atoms with van der Waals surface area (Å²) in [6, 6.07) is 21.3. The summed E-state index contributed by atoms with van der Waals surface area (Å²) in [5.74, 6) is -1.93. The van der Waals surface area contributed by atoms with Gasteiger partial charge in [0.05, 0.1) is 5.56 Å². The van der Waals surface area contributed by atoms with Crippen LogP contribution in [-0.4, -0.2) is 18.4 Å². The predicted molar refractivity (Wildman–Crippen MR) is 121 cm³/mol. The van der Waals surface area contributed by atoms with Crippen molar-refractivity contribution in [2.75, 3.05) is 6.54 Å². The summed E-state index contributed by atoms with van der Waals surface area (Å²) in [5.41, 5.74) is 1.37. The third kappa shape index (κ3) is 5.44. The number of hydrogen-bond acceptors (Lipinski definition) is 3. The van der Waals surface area contributed by atoms with E-state index in [1.165, 1.54) is 0 Å². The first-order chi connectivity index (χ1) is 16.0. The largest absolute Gasteiger partial charge is 0.459 e. The molecule has 0 spiro atoms. The standard InChI is InChI=1S/C26H22F2N2O3/c27-19-12-13-20(21(28)16-19)26(32)29-14-6-11-24(31)30-25(17-7-2-1-3-8-17)23-15-18-9-4-5-10-22(18)33-23/h1-5,7-10,12-13,15-16,25H,6,11,14H2,(H,29,32)(H,30,31). The Bertz CT molecular complexity index is 1240. The number of para-hydroxylation sites is 1. The van der Waals surface area contributed by atoms with E-state index < -0.39 is 23.6 Å². The molecule has 168 valence electrons. The van der Waals surface area contributed by atoms with Gasteiger partial charge < -0.3 is 15.1 Å². The van der Waals surface area contributed by atoms with E-state index in [9.17, 15) is 18.4 Å². The Morgan fingerprint density at radius 2 is 1.67 bits per heavy atom. The summed E-state index contributed by atoms with van der Waals surface area (Å²) in [6.45, 7) is 0.170. The van der Waals surface area contributed by atoms with Crippen molar-refractivity contribution in [2.24, 2.45) is 0 Å². The minimum Gasteiger partial charge on any atom is -0.459 e. The number of fused-ring (bicyclic) bond motifs is 1. The van der Waals surface area contributed by atoms with Gasteiger partial charge in [-0.3, -0.25) is 9.59 Å². The zero-order valence-corrected chi connectivity index (χ0v) is 17.7. The van der Waals surface area contributed by atoms with Gasteiger partial charge in [0.1, 0.15) is 29.0 Å². The van der Waals surface area contributed by atoms with Gasteiger partial charge in [0.25, 0.3) is 5.91 Å². The number of benzene rings is 3. The molecule has 4 rings (SSSR count). The fourth-order valence-corrected chi connectivity index (χ4v) is 3.56. The summed E-state index contributed by atoms with van der Waals surface area (Å²) in [5, 5.41) is 6.49. The van der Waals surface area contributed by atoms with E-state index in [1.54, 1.807) is 0 Å². The Balaban J connectivity index is 1.37. The predicted octanol–water partition coefficient (Wildman–Crippen LogP) is 5.13. The highest BCUT2D eigenvalue weighted by atomic mass is 19.1. The van der Waals surface area contributed by atoms with Gasteiger partial charge in [-0.15, -0.1) is 0 Å². The third-order valence-corrected chi connectivity index (χ3v) is 5.21. The average molecular weight is 448 g/mol. The van der Waals surface area contributed by atoms with Crippen LogP contribution < -0.4 is 10.6 Å². The second-order valence-corrected chi connectivity index (χ2v) is 7.58. The molecule has 5 nitrogen and oxygen atoms in total. The highest BCUT2D eigenvalue weighted by molar-refractivity contribution is 5.94. The minimum atomic E-state index is -0.929. The van der Waals surface area contributed by atoms with E-state index >= 15 is 0 Å². The van der Waals surface area contributed by atoms with Crippen molar-refractivity contribution in [1.82, 2.24) is 10.6 Å². The third-order valence-electron chi connectivity index (χ3n) is 5.21. The highest BCUT2D eigenvalue weighted by Gasteiger charge is 2.21. The minimum absolute atomic E-state index is 0.149. The first kappa shape index (κ1) is 22.2. The summed E-state index contributed by atoms with van der Waals surface area (Å²) in [6.07, 6.45) is 0.498. The van der Waals surface area contributed by atoms with Gasteiger partial charge in [0.15, 0.2) is 0 Å². The van der Waals surface area contributed by atoms with E-state index in [2.05, 4.69) is 10.6 Å². The topological polar surface area (TPSA) is 71.3 Å². The van der Waals surface area contributed by atoms with E-state index in [-0.39, 0.29) is 24.4 Å². The van der Waals surface area contributed by atoms with Crippen LogP contribution in [0.15, 0.2) is 83.3 Å². The van der Waals surface area contributed by atoms with Crippen molar-refractivity contribution in [3.63, 3.8) is 0 Å². The average Bonchev–Trinajstić information content (AvgIpc) is 3.24. The van der Waals surface area contributed by atoms with E-state index in [1.807, 2.05) is 60.7 Å². The smallest absolute Gasteiger partial charge is 0.254 e. The maximum Gasteiger partial charge on any atom is 0.254 e. The number of nitrogens with one attached hydrogen (secondary N) is 2. The maximum atomic E-state index is 13.7. The van der Waals surface area contributed by atoms with Gasteiger partial charge in [0, 0.05) is 24.4 Å². The fourth-order valence-electron chi connectivity index (χ4n) is 3.56.